The smallest absolute Gasteiger partial charge is 0.404 e. The Balaban J connectivity index is 0.000000247. The van der Waals surface area contributed by atoms with Crippen molar-refractivity contribution in [2.24, 2.45) is 0 Å². The van der Waals surface area contributed by atoms with Crippen LogP contribution in [-0.4, -0.2) is 44.5 Å². The maximum absolute atomic E-state index is 12.3. The van der Waals surface area contributed by atoms with E-state index in [0.717, 1.165) is 17.3 Å². The Kier molecular flexibility index (Phi) is 9.91. The molecule has 0 saturated carbocycles. The number of alkyl halides is 3. The van der Waals surface area contributed by atoms with Crippen molar-refractivity contribution < 1.29 is 31.1 Å². The Hall–Kier alpha value is -5.34. The van der Waals surface area contributed by atoms with Gasteiger partial charge in [0.05, 0.1) is 42.9 Å². The van der Waals surface area contributed by atoms with Gasteiger partial charge < -0.3 is 15.2 Å². The van der Waals surface area contributed by atoms with Crippen LogP contribution in [0.5, 0.6) is 11.5 Å². The monoisotopic (exact) mass is 596 g/mol. The summed E-state index contributed by atoms with van der Waals surface area (Å²) >= 11 is 0. The van der Waals surface area contributed by atoms with Crippen LogP contribution in [0, 0.1) is 22.7 Å². The molecule has 0 saturated heterocycles. The Morgan fingerprint density at radius 2 is 1.31 bits per heavy atom. The second-order valence-corrected chi connectivity index (χ2v) is 10.2. The highest BCUT2D eigenvalue weighted by Crippen LogP contribution is 2.29. The molecule has 0 bridgehead atoms. The molecule has 216 valence electrons. The summed E-state index contributed by atoms with van der Waals surface area (Å²) in [6, 6.07) is 17.2. The summed E-state index contributed by atoms with van der Waals surface area (Å²) in [5.41, 5.74) is 9.80. The van der Waals surface area contributed by atoms with Gasteiger partial charge in [0.1, 0.15) is 23.6 Å². The molecule has 2 aromatic heterocycles. The van der Waals surface area contributed by atoms with Gasteiger partial charge in [0, 0.05) is 29.7 Å². The van der Waals surface area contributed by atoms with E-state index in [1.54, 1.807) is 36.7 Å². The normalized spacial score (nSPS) is 10.8. The quantitative estimate of drug-likeness (QED) is 0.294. The van der Waals surface area contributed by atoms with Crippen LogP contribution in [0.4, 0.5) is 24.5 Å². The predicted molar refractivity (Wildman–Crippen MR) is 150 cm³/mol. The number of rotatable bonds is 7. The standard InChI is InChI=1S/C15H12F3N3O3S.C13H11N3O/c1-24-14-5-10(2-3-11(14)6-19)12-4-13(8-20-7-12)21-25(22,23)9-15(16,17)18;1-17-13-5-9(2-3-10(13)6-14)11-4-12(15)8-16-7-11/h2-5,7-8,21H,9H2,1H3;2-5,7-8H,15H2,1H3. The zero-order valence-electron chi connectivity index (χ0n) is 22.2. The van der Waals surface area contributed by atoms with Gasteiger partial charge in [-0.2, -0.15) is 23.7 Å². The highest BCUT2D eigenvalue weighted by atomic mass is 32.2. The summed E-state index contributed by atoms with van der Waals surface area (Å²) in [4.78, 5) is 7.85. The summed E-state index contributed by atoms with van der Waals surface area (Å²) in [6.07, 6.45) is 0.958. The maximum Gasteiger partial charge on any atom is 0.404 e. The lowest BCUT2D eigenvalue weighted by Crippen LogP contribution is -2.27. The van der Waals surface area contributed by atoms with Crippen molar-refractivity contribution in [1.29, 1.82) is 10.5 Å². The third-order valence-electron chi connectivity index (χ3n) is 5.44. The predicted octanol–water partition coefficient (Wildman–Crippen LogP) is 5.14. The first-order valence-corrected chi connectivity index (χ1v) is 13.4. The van der Waals surface area contributed by atoms with Gasteiger partial charge in [0.2, 0.25) is 10.0 Å². The lowest BCUT2D eigenvalue weighted by Gasteiger charge is -2.11. The third-order valence-corrected chi connectivity index (χ3v) is 6.69. The van der Waals surface area contributed by atoms with Gasteiger partial charge in [-0.1, -0.05) is 12.1 Å². The van der Waals surface area contributed by atoms with Gasteiger partial charge in [-0.25, -0.2) is 8.42 Å². The van der Waals surface area contributed by atoms with Gasteiger partial charge >= 0.3 is 6.18 Å². The number of aromatic nitrogens is 2. The molecule has 0 fully saturated rings. The number of methoxy groups -OCH3 is 2. The first-order valence-electron chi connectivity index (χ1n) is 11.8. The largest absolute Gasteiger partial charge is 0.495 e. The van der Waals surface area contributed by atoms with Crippen LogP contribution in [0.1, 0.15) is 11.1 Å². The number of nitrogens with one attached hydrogen (secondary N) is 1. The van der Waals surface area contributed by atoms with Crippen LogP contribution < -0.4 is 19.9 Å². The van der Waals surface area contributed by atoms with E-state index in [9.17, 15) is 21.6 Å². The first kappa shape index (κ1) is 31.2. The van der Waals surface area contributed by atoms with Gasteiger partial charge in [-0.3, -0.25) is 14.7 Å². The molecule has 0 aliphatic rings. The minimum atomic E-state index is -4.85. The fourth-order valence-electron chi connectivity index (χ4n) is 3.63. The van der Waals surface area contributed by atoms with Crippen LogP contribution in [0.3, 0.4) is 0 Å². The topological polar surface area (TPSA) is 164 Å². The van der Waals surface area contributed by atoms with Crippen LogP contribution in [-0.2, 0) is 10.0 Å². The number of benzene rings is 2. The van der Waals surface area contributed by atoms with Gasteiger partial charge in [-0.05, 0) is 47.5 Å². The number of ether oxygens (including phenoxy) is 2. The van der Waals surface area contributed by atoms with E-state index in [1.165, 1.54) is 32.5 Å². The van der Waals surface area contributed by atoms with Crippen molar-refractivity contribution in [1.82, 2.24) is 9.97 Å². The van der Waals surface area contributed by atoms with E-state index in [-0.39, 0.29) is 5.69 Å². The number of hydrogen-bond acceptors (Lipinski definition) is 9. The second-order valence-electron chi connectivity index (χ2n) is 8.50. The second kappa shape index (κ2) is 13.3. The first-order chi connectivity index (χ1) is 19.9. The molecule has 0 amide bonds. The van der Waals surface area contributed by atoms with Crippen LogP contribution in [0.15, 0.2) is 73.3 Å². The molecule has 0 unspecified atom stereocenters. The number of nitriles is 2. The number of halogens is 3. The van der Waals surface area contributed by atoms with Crippen LogP contribution in [0.2, 0.25) is 0 Å². The van der Waals surface area contributed by atoms with Crippen molar-refractivity contribution in [3.05, 3.63) is 84.4 Å². The van der Waals surface area contributed by atoms with Crippen molar-refractivity contribution in [3.8, 4) is 45.9 Å². The fraction of sp³-hybridized carbons (Fsp3) is 0.143. The number of nitrogen functional groups attached to an aromatic ring is 1. The number of sulfonamides is 1. The van der Waals surface area contributed by atoms with Crippen molar-refractivity contribution >= 4 is 21.4 Å². The van der Waals surface area contributed by atoms with Gasteiger partial charge in [0.15, 0.2) is 5.75 Å². The highest BCUT2D eigenvalue weighted by Gasteiger charge is 2.35. The van der Waals surface area contributed by atoms with Crippen LogP contribution >= 0.6 is 0 Å². The number of hydrogen-bond donors (Lipinski definition) is 2. The average molecular weight is 597 g/mol. The molecule has 4 rings (SSSR count). The summed E-state index contributed by atoms with van der Waals surface area (Å²) in [7, 11) is -1.67. The molecule has 14 heteroatoms. The molecule has 0 aliphatic heterocycles. The van der Waals surface area contributed by atoms with Crippen molar-refractivity contribution in [2.75, 3.05) is 30.4 Å². The Morgan fingerprint density at radius 1 is 0.810 bits per heavy atom. The summed E-state index contributed by atoms with van der Waals surface area (Å²) in [6.45, 7) is 0. The minimum absolute atomic E-state index is 0.106. The Bertz CT molecular complexity index is 1770. The van der Waals surface area contributed by atoms with Gasteiger partial charge in [0.25, 0.3) is 0 Å². The fourth-order valence-corrected chi connectivity index (χ4v) is 4.60. The lowest BCUT2D eigenvalue weighted by molar-refractivity contribution is -0.106. The summed E-state index contributed by atoms with van der Waals surface area (Å²) in [5.74, 6) is -1.13. The van der Waals surface area contributed by atoms with E-state index >= 15 is 0 Å². The molecular weight excluding hydrogens is 573 g/mol. The zero-order valence-corrected chi connectivity index (χ0v) is 23.0. The van der Waals surface area contributed by atoms with Crippen molar-refractivity contribution in [3.63, 3.8) is 0 Å². The average Bonchev–Trinajstić information content (AvgIpc) is 2.95. The molecule has 4 aromatic rings. The number of anilines is 2. The Labute approximate surface area is 239 Å². The lowest BCUT2D eigenvalue weighted by atomic mass is 10.0. The number of nitrogens with zero attached hydrogens (tertiary/aromatic N) is 4. The molecule has 2 heterocycles. The van der Waals surface area contributed by atoms with E-state index in [2.05, 4.69) is 16.0 Å². The molecule has 0 atom stereocenters. The third kappa shape index (κ3) is 8.58. The molecular formula is C28H23F3N6O4S. The van der Waals surface area contributed by atoms with Crippen molar-refractivity contribution in [2.45, 2.75) is 6.18 Å². The molecule has 42 heavy (non-hydrogen) atoms. The molecule has 2 aromatic carbocycles. The molecule has 10 nitrogen and oxygen atoms in total. The van der Waals surface area contributed by atoms with E-state index in [0.29, 0.717) is 39.4 Å². The maximum atomic E-state index is 12.3. The zero-order chi connectivity index (χ0) is 30.9. The Morgan fingerprint density at radius 3 is 1.76 bits per heavy atom. The summed E-state index contributed by atoms with van der Waals surface area (Å²) < 4.78 is 72.0. The van der Waals surface area contributed by atoms with Gasteiger partial charge in [-0.15, -0.1) is 0 Å². The van der Waals surface area contributed by atoms with E-state index in [4.69, 9.17) is 25.7 Å². The molecule has 3 N–H and O–H groups in total. The number of nitrogens with two attached hydrogens (primary N) is 1. The summed E-state index contributed by atoms with van der Waals surface area (Å²) in [5, 5.41) is 17.9. The molecule has 0 radical (unpaired) electrons. The van der Waals surface area contributed by atoms with Crippen LogP contribution in [0.25, 0.3) is 22.3 Å². The molecule has 0 aliphatic carbocycles. The SMILES string of the molecule is COc1cc(-c2cncc(N)c2)ccc1C#N.COc1cc(-c2cncc(NS(=O)(=O)CC(F)(F)F)c2)ccc1C#N. The molecule has 0 spiro atoms. The highest BCUT2D eigenvalue weighted by molar-refractivity contribution is 7.92. The van der Waals surface area contributed by atoms with E-state index < -0.39 is 22.0 Å². The van der Waals surface area contributed by atoms with E-state index in [1.807, 2.05) is 22.9 Å². The minimum Gasteiger partial charge on any atom is -0.495 e. The number of pyridine rings is 2.